The van der Waals surface area contributed by atoms with Crippen LogP contribution >= 0.6 is 0 Å². The van der Waals surface area contributed by atoms with E-state index in [4.69, 9.17) is 9.47 Å². The van der Waals surface area contributed by atoms with Crippen LogP contribution in [0.2, 0.25) is 0 Å². The van der Waals surface area contributed by atoms with Gasteiger partial charge in [0, 0.05) is 12.3 Å². The number of hydrogen-bond donors (Lipinski definition) is 1. The number of hydrogen-bond acceptors (Lipinski definition) is 3. The molecule has 0 unspecified atom stereocenters. The van der Waals surface area contributed by atoms with Gasteiger partial charge in [-0.1, -0.05) is 6.92 Å². The van der Waals surface area contributed by atoms with E-state index in [1.807, 2.05) is 58.9 Å². The fraction of sp³-hybridized carbons (Fsp3) is 0.562. The Bertz CT molecular complexity index is 428. The van der Waals surface area contributed by atoms with Crippen LogP contribution in [0.25, 0.3) is 0 Å². The van der Waals surface area contributed by atoms with Crippen LogP contribution in [0.15, 0.2) is 24.3 Å². The lowest BCUT2D eigenvalue weighted by molar-refractivity contribution is -0.139. The van der Waals surface area contributed by atoms with Crippen LogP contribution in [0.3, 0.4) is 0 Å². The molecule has 0 radical (unpaired) electrons. The lowest BCUT2D eigenvalue weighted by atomic mass is 10.0. The quantitative estimate of drug-likeness (QED) is 0.829. The van der Waals surface area contributed by atoms with Gasteiger partial charge < -0.3 is 14.8 Å². The molecule has 0 saturated heterocycles. The molecule has 0 aliphatic heterocycles. The molecule has 0 bridgehead atoms. The highest BCUT2D eigenvalue weighted by Crippen LogP contribution is 2.21. The smallest absolute Gasteiger partial charge is 0.256 e. The van der Waals surface area contributed by atoms with E-state index in [9.17, 15) is 4.79 Å². The lowest BCUT2D eigenvalue weighted by Gasteiger charge is -2.26. The van der Waals surface area contributed by atoms with Gasteiger partial charge in [0.05, 0.1) is 6.10 Å². The van der Waals surface area contributed by atoms with Crippen molar-refractivity contribution in [3.05, 3.63) is 24.3 Å². The summed E-state index contributed by atoms with van der Waals surface area (Å²) in [5, 5.41) is 2.88. The summed E-state index contributed by atoms with van der Waals surface area (Å²) < 4.78 is 11.1. The zero-order valence-electron chi connectivity index (χ0n) is 13.0. The third-order valence-corrected chi connectivity index (χ3v) is 3.10. The minimum Gasteiger partial charge on any atom is -0.491 e. The molecule has 112 valence electrons. The van der Waals surface area contributed by atoms with Crippen molar-refractivity contribution in [2.24, 2.45) is 0 Å². The molecular formula is C16H25NO3. The Morgan fingerprint density at radius 2 is 1.85 bits per heavy atom. The van der Waals surface area contributed by atoms with Crippen LogP contribution in [0.4, 0.5) is 5.69 Å². The predicted molar refractivity (Wildman–Crippen MR) is 81.2 cm³/mol. The van der Waals surface area contributed by atoms with E-state index in [0.29, 0.717) is 13.0 Å². The molecule has 20 heavy (non-hydrogen) atoms. The summed E-state index contributed by atoms with van der Waals surface area (Å²) in [4.78, 5) is 12.3. The highest BCUT2D eigenvalue weighted by atomic mass is 16.5. The van der Waals surface area contributed by atoms with Gasteiger partial charge in [0.2, 0.25) is 0 Å². The molecule has 1 aromatic rings. The first kappa shape index (κ1) is 16.5. The maximum atomic E-state index is 12.3. The van der Waals surface area contributed by atoms with Crippen molar-refractivity contribution in [1.29, 1.82) is 0 Å². The Morgan fingerprint density at radius 1 is 1.25 bits per heavy atom. The summed E-state index contributed by atoms with van der Waals surface area (Å²) in [6.07, 6.45) is 0.762. The Balaban J connectivity index is 2.70. The van der Waals surface area contributed by atoms with E-state index in [0.717, 1.165) is 11.4 Å². The molecule has 0 aliphatic carbocycles. The minimum atomic E-state index is -0.790. The third-order valence-electron chi connectivity index (χ3n) is 3.10. The Morgan fingerprint density at radius 3 is 2.30 bits per heavy atom. The van der Waals surface area contributed by atoms with Gasteiger partial charge in [-0.05, 0) is 58.4 Å². The second-order valence-electron chi connectivity index (χ2n) is 5.16. The van der Waals surface area contributed by atoms with Gasteiger partial charge in [-0.15, -0.1) is 0 Å². The Hall–Kier alpha value is -1.55. The third kappa shape index (κ3) is 4.53. The van der Waals surface area contributed by atoms with Gasteiger partial charge in [-0.3, -0.25) is 4.79 Å². The van der Waals surface area contributed by atoms with Crippen LogP contribution in [-0.2, 0) is 9.53 Å². The summed E-state index contributed by atoms with van der Waals surface area (Å²) in [6.45, 7) is 10.1. The molecule has 1 aromatic carbocycles. The van der Waals surface area contributed by atoms with Crippen LogP contribution in [0.1, 0.15) is 41.0 Å². The van der Waals surface area contributed by atoms with Crippen molar-refractivity contribution in [3.63, 3.8) is 0 Å². The van der Waals surface area contributed by atoms with Crippen LogP contribution < -0.4 is 10.1 Å². The van der Waals surface area contributed by atoms with Crippen molar-refractivity contribution in [2.45, 2.75) is 52.7 Å². The SMILES string of the molecule is CCO[C@](C)(CC)C(=O)Nc1ccc(OC(C)C)cc1. The van der Waals surface area contributed by atoms with E-state index in [-0.39, 0.29) is 12.0 Å². The normalized spacial score (nSPS) is 13.9. The van der Waals surface area contributed by atoms with Crippen molar-refractivity contribution < 1.29 is 14.3 Å². The van der Waals surface area contributed by atoms with Crippen LogP contribution in [0, 0.1) is 0 Å². The van der Waals surface area contributed by atoms with Gasteiger partial charge in [-0.25, -0.2) is 0 Å². The predicted octanol–water partition coefficient (Wildman–Crippen LogP) is 3.62. The van der Waals surface area contributed by atoms with Crippen LogP contribution in [0.5, 0.6) is 5.75 Å². The zero-order chi connectivity index (χ0) is 15.2. The molecule has 4 heteroatoms. The topological polar surface area (TPSA) is 47.6 Å². The first-order chi connectivity index (χ1) is 9.41. The molecule has 0 aromatic heterocycles. The summed E-state index contributed by atoms with van der Waals surface area (Å²) >= 11 is 0. The zero-order valence-corrected chi connectivity index (χ0v) is 13.0. The number of carbonyl (C=O) groups is 1. The van der Waals surface area contributed by atoms with Crippen molar-refractivity contribution in [2.75, 3.05) is 11.9 Å². The fourth-order valence-corrected chi connectivity index (χ4v) is 1.80. The number of amides is 1. The van der Waals surface area contributed by atoms with Gasteiger partial charge in [0.1, 0.15) is 11.4 Å². The van der Waals surface area contributed by atoms with Gasteiger partial charge in [-0.2, -0.15) is 0 Å². The molecule has 0 spiro atoms. The number of benzene rings is 1. The highest BCUT2D eigenvalue weighted by Gasteiger charge is 2.31. The largest absolute Gasteiger partial charge is 0.491 e. The minimum absolute atomic E-state index is 0.126. The maximum absolute atomic E-state index is 12.3. The molecule has 0 fully saturated rings. The summed E-state index contributed by atoms with van der Waals surface area (Å²) in [5.41, 5.74) is -0.0486. The van der Waals surface area contributed by atoms with Gasteiger partial charge in [0.15, 0.2) is 0 Å². The number of ether oxygens (including phenoxy) is 2. The highest BCUT2D eigenvalue weighted by molar-refractivity contribution is 5.97. The van der Waals surface area contributed by atoms with E-state index < -0.39 is 5.60 Å². The van der Waals surface area contributed by atoms with E-state index >= 15 is 0 Å². The van der Waals surface area contributed by atoms with Gasteiger partial charge in [0.25, 0.3) is 5.91 Å². The molecule has 4 nitrogen and oxygen atoms in total. The lowest BCUT2D eigenvalue weighted by Crippen LogP contribution is -2.42. The molecule has 0 aliphatic rings. The second kappa shape index (κ2) is 7.29. The van der Waals surface area contributed by atoms with Crippen molar-refractivity contribution in [1.82, 2.24) is 0 Å². The molecule has 0 saturated carbocycles. The maximum Gasteiger partial charge on any atom is 0.256 e. The molecular weight excluding hydrogens is 254 g/mol. The molecule has 1 atom stereocenters. The van der Waals surface area contributed by atoms with E-state index in [2.05, 4.69) is 5.32 Å². The number of nitrogens with one attached hydrogen (secondary N) is 1. The van der Waals surface area contributed by atoms with Crippen molar-refractivity contribution >= 4 is 11.6 Å². The first-order valence-corrected chi connectivity index (χ1v) is 7.13. The van der Waals surface area contributed by atoms with Crippen LogP contribution in [-0.4, -0.2) is 24.2 Å². The number of rotatable bonds is 7. The van der Waals surface area contributed by atoms with E-state index in [1.54, 1.807) is 0 Å². The first-order valence-electron chi connectivity index (χ1n) is 7.13. The standard InChI is InChI=1S/C16H25NO3/c1-6-16(5,19-7-2)15(18)17-13-8-10-14(11-9-13)20-12(3)4/h8-12H,6-7H2,1-5H3,(H,17,18)/t16-/m1/s1. The summed E-state index contributed by atoms with van der Waals surface area (Å²) in [6, 6.07) is 7.36. The number of anilines is 1. The molecule has 1 N–H and O–H groups in total. The van der Waals surface area contributed by atoms with E-state index in [1.165, 1.54) is 0 Å². The molecule has 1 amide bonds. The summed E-state index contributed by atoms with van der Waals surface area (Å²) in [5.74, 6) is 0.667. The van der Waals surface area contributed by atoms with Crippen molar-refractivity contribution in [3.8, 4) is 5.75 Å². The number of carbonyl (C=O) groups excluding carboxylic acids is 1. The monoisotopic (exact) mass is 279 g/mol. The fourth-order valence-electron chi connectivity index (χ4n) is 1.80. The summed E-state index contributed by atoms with van der Waals surface area (Å²) in [7, 11) is 0. The second-order valence-corrected chi connectivity index (χ2v) is 5.16. The van der Waals surface area contributed by atoms with Gasteiger partial charge >= 0.3 is 0 Å². The average Bonchev–Trinajstić information content (AvgIpc) is 2.40. The Kier molecular flexibility index (Phi) is 6.02. The molecule has 1 rings (SSSR count). The Labute approximate surface area is 121 Å². The molecule has 0 heterocycles. The average molecular weight is 279 g/mol.